The average molecular weight is 737 g/mol. The van der Waals surface area contributed by atoms with Crippen LogP contribution < -0.4 is 15.4 Å². The van der Waals surface area contributed by atoms with Gasteiger partial charge in [0.15, 0.2) is 6.10 Å². The Hall–Kier alpha value is -3.38. The number of halogens is 1. The lowest BCUT2D eigenvalue weighted by Gasteiger charge is -2.18. The average Bonchev–Trinajstić information content (AvgIpc) is 3.90. The Morgan fingerprint density at radius 2 is 1.74 bits per heavy atom. The molecule has 2 aromatic carbocycles. The number of esters is 1. The molecule has 280 valence electrons. The predicted octanol–water partition coefficient (Wildman–Crippen LogP) is 7.02. The van der Waals surface area contributed by atoms with Gasteiger partial charge >= 0.3 is 11.9 Å². The molecule has 1 heterocycles. The summed E-state index contributed by atoms with van der Waals surface area (Å²) in [6, 6.07) is 14.3. The molecular weight excluding hydrogens is 680 g/mol. The van der Waals surface area contributed by atoms with Gasteiger partial charge in [-0.1, -0.05) is 81.8 Å². The van der Waals surface area contributed by atoms with Crippen LogP contribution in [0, 0.1) is 24.7 Å². The molecule has 3 rings (SSSR count). The summed E-state index contributed by atoms with van der Waals surface area (Å²) in [6.07, 6.45) is 6.57. The Bertz CT molecular complexity index is 1310. The monoisotopic (exact) mass is 736 g/mol. The van der Waals surface area contributed by atoms with Crippen molar-refractivity contribution in [3.05, 3.63) is 76.3 Å². The quantitative estimate of drug-likeness (QED) is 0.0619. The van der Waals surface area contributed by atoms with Crippen LogP contribution in [0.25, 0.3) is 0 Å². The number of benzene rings is 2. The number of carboxylic acid groups (broad SMARTS) is 1. The largest absolute Gasteiger partial charge is 0.495 e. The Labute approximate surface area is 309 Å². The molecule has 0 aromatic heterocycles. The van der Waals surface area contributed by atoms with Gasteiger partial charge in [-0.2, -0.15) is 12.6 Å². The molecule has 1 aliphatic heterocycles. The number of thiol groups is 1. The van der Waals surface area contributed by atoms with E-state index in [0.29, 0.717) is 23.1 Å². The first-order valence-electron chi connectivity index (χ1n) is 16.7. The topological polar surface area (TPSA) is 144 Å². The highest BCUT2D eigenvalue weighted by Crippen LogP contribution is 2.44. The van der Waals surface area contributed by atoms with Crippen molar-refractivity contribution in [3.63, 3.8) is 0 Å². The van der Waals surface area contributed by atoms with E-state index in [2.05, 4.69) is 73.5 Å². The molecule has 0 bridgehead atoms. The smallest absolute Gasteiger partial charge is 0.345 e. The van der Waals surface area contributed by atoms with Crippen LogP contribution in [-0.2, 0) is 34.4 Å². The Morgan fingerprint density at radius 3 is 2.24 bits per heavy atom. The second-order valence-electron chi connectivity index (χ2n) is 12.3. The zero-order valence-corrected chi connectivity index (χ0v) is 32.4. The van der Waals surface area contributed by atoms with Crippen LogP contribution in [0.5, 0.6) is 5.75 Å². The fourth-order valence-corrected chi connectivity index (χ4v) is 5.08. The number of aryl methyl sites for hydroxylation is 1. The number of aliphatic carboxylic acids is 1. The standard InChI is InChI=1S/C16H22OS.C13H24N2O5.C8H9ClO.CH2O/c1-3-4-5-6-12(2)15-16(17-15)14-9-7-13(11-18)8-10-14;1-8(2)5-10(12(17)18)20-13(19)9(3)6-15-11(16)7-14-4;1-6-3-4-8(10-2)7(9)5-6;1-2/h3-4,7-10,12,15-16,18H,5-6,11H2,1-2H3;8-10,14H,5-7H2,1-4H3,(H,15,16)(H,17,18);3-5H,1-2H3;1H2/b4-3+;;;/t12-,15?,16?;9-,10+;;/m01../s1. The molecule has 0 saturated carbocycles. The summed E-state index contributed by atoms with van der Waals surface area (Å²) in [7, 11) is 3.25. The Kier molecular flexibility index (Phi) is 24.6. The maximum Gasteiger partial charge on any atom is 0.345 e. The molecule has 0 radical (unpaired) electrons. The number of hydrogen-bond donors (Lipinski definition) is 4. The van der Waals surface area contributed by atoms with Crippen LogP contribution in [0.4, 0.5) is 0 Å². The van der Waals surface area contributed by atoms with Crippen LogP contribution in [0.1, 0.15) is 76.7 Å². The maximum absolute atomic E-state index is 11.8. The summed E-state index contributed by atoms with van der Waals surface area (Å²) >= 11 is 10.1. The third-order valence-electron chi connectivity index (χ3n) is 7.47. The number of epoxide rings is 1. The Balaban J connectivity index is 0.000000734. The van der Waals surface area contributed by atoms with Crippen molar-refractivity contribution in [1.82, 2.24) is 10.6 Å². The van der Waals surface area contributed by atoms with E-state index in [-0.39, 0.29) is 31.3 Å². The molecule has 10 nitrogen and oxygen atoms in total. The highest BCUT2D eigenvalue weighted by atomic mass is 35.5. The maximum atomic E-state index is 11.8. The normalized spacial score (nSPS) is 16.2. The number of rotatable bonds is 16. The van der Waals surface area contributed by atoms with Crippen molar-refractivity contribution in [2.24, 2.45) is 17.8 Å². The SMILES string of the molecule is C/C=C/CC[C@H](C)C1OC1c1ccc(CS)cc1.C=O.CNCC(=O)NC[C@@H](C)C(=O)O[C@@H](CC(C)C)C(=O)O.COc1ccc(C)cc1Cl. The van der Waals surface area contributed by atoms with Gasteiger partial charge < -0.3 is 34.7 Å². The van der Waals surface area contributed by atoms with Crippen LogP contribution in [0.3, 0.4) is 0 Å². The van der Waals surface area contributed by atoms with E-state index in [1.54, 1.807) is 21.1 Å². The molecule has 1 fully saturated rings. The summed E-state index contributed by atoms with van der Waals surface area (Å²) in [5, 5.41) is 14.9. The van der Waals surface area contributed by atoms with Gasteiger partial charge in [0.1, 0.15) is 18.6 Å². The van der Waals surface area contributed by atoms with Crippen molar-refractivity contribution >= 4 is 48.9 Å². The minimum atomic E-state index is -1.15. The van der Waals surface area contributed by atoms with E-state index in [1.807, 2.05) is 45.8 Å². The number of amides is 1. The number of carboxylic acids is 1. The zero-order chi connectivity index (χ0) is 38.2. The highest BCUT2D eigenvalue weighted by Gasteiger charge is 2.43. The number of carbonyl (C=O) groups is 4. The molecule has 5 atom stereocenters. The fraction of sp³-hybridized carbons (Fsp3) is 0.526. The van der Waals surface area contributed by atoms with E-state index in [1.165, 1.54) is 17.5 Å². The summed E-state index contributed by atoms with van der Waals surface area (Å²) in [5.41, 5.74) is 3.72. The minimum Gasteiger partial charge on any atom is -0.495 e. The van der Waals surface area contributed by atoms with Crippen molar-refractivity contribution in [1.29, 1.82) is 0 Å². The van der Waals surface area contributed by atoms with E-state index < -0.39 is 24.0 Å². The van der Waals surface area contributed by atoms with E-state index in [0.717, 1.165) is 23.5 Å². The van der Waals surface area contributed by atoms with Crippen molar-refractivity contribution in [3.8, 4) is 5.75 Å². The first-order chi connectivity index (χ1) is 23.8. The zero-order valence-electron chi connectivity index (χ0n) is 30.7. The van der Waals surface area contributed by atoms with Gasteiger partial charge in [0.2, 0.25) is 5.91 Å². The van der Waals surface area contributed by atoms with Gasteiger partial charge in [-0.3, -0.25) is 9.59 Å². The first-order valence-corrected chi connectivity index (χ1v) is 17.7. The molecule has 12 heteroatoms. The Morgan fingerprint density at radius 1 is 1.10 bits per heavy atom. The summed E-state index contributed by atoms with van der Waals surface area (Å²) in [5.74, 6) is -0.331. The molecule has 1 aliphatic rings. The van der Waals surface area contributed by atoms with E-state index in [9.17, 15) is 14.4 Å². The molecule has 1 amide bonds. The third kappa shape index (κ3) is 19.1. The molecule has 50 heavy (non-hydrogen) atoms. The van der Waals surface area contributed by atoms with Crippen LogP contribution in [0.15, 0.2) is 54.6 Å². The van der Waals surface area contributed by atoms with Crippen molar-refractivity contribution in [2.75, 3.05) is 27.2 Å². The highest BCUT2D eigenvalue weighted by molar-refractivity contribution is 7.79. The van der Waals surface area contributed by atoms with Gasteiger partial charge in [-0.05, 0) is 80.8 Å². The lowest BCUT2D eigenvalue weighted by Crippen LogP contribution is -2.38. The van der Waals surface area contributed by atoms with Crippen LogP contribution in [-0.4, -0.2) is 69.2 Å². The molecular formula is C38H57ClN2O8S. The second kappa shape index (κ2) is 26.4. The van der Waals surface area contributed by atoms with Crippen molar-refractivity contribution in [2.45, 2.75) is 84.9 Å². The molecule has 2 unspecified atom stereocenters. The van der Waals surface area contributed by atoms with Gasteiger partial charge in [-0.25, -0.2) is 4.79 Å². The number of likely N-dealkylation sites (N-methyl/N-ethyl adjacent to an activating group) is 1. The molecule has 0 aliphatic carbocycles. The fourth-order valence-electron chi connectivity index (χ4n) is 4.56. The second-order valence-corrected chi connectivity index (χ2v) is 13.0. The molecule has 0 spiro atoms. The third-order valence-corrected chi connectivity index (χ3v) is 8.13. The first kappa shape index (κ1) is 46.6. The van der Waals surface area contributed by atoms with Crippen LogP contribution in [0.2, 0.25) is 5.02 Å². The molecule has 1 saturated heterocycles. The number of ether oxygens (including phenoxy) is 3. The summed E-state index contributed by atoms with van der Waals surface area (Å²) in [4.78, 5) is 42.0. The summed E-state index contributed by atoms with van der Waals surface area (Å²) < 4.78 is 15.8. The lowest BCUT2D eigenvalue weighted by molar-refractivity contribution is -0.167. The van der Waals surface area contributed by atoms with Gasteiger partial charge in [0, 0.05) is 12.3 Å². The van der Waals surface area contributed by atoms with Gasteiger partial charge in [-0.15, -0.1) is 0 Å². The number of methoxy groups -OCH3 is 1. The van der Waals surface area contributed by atoms with E-state index >= 15 is 0 Å². The van der Waals surface area contributed by atoms with Crippen LogP contribution >= 0.6 is 24.2 Å². The number of carbonyl (C=O) groups excluding carboxylic acids is 3. The van der Waals surface area contributed by atoms with Gasteiger partial charge in [0.25, 0.3) is 0 Å². The molecule has 2 aromatic rings. The van der Waals surface area contributed by atoms with E-state index in [4.69, 9.17) is 35.7 Å². The predicted molar refractivity (Wildman–Crippen MR) is 203 cm³/mol. The number of nitrogens with one attached hydrogen (secondary N) is 2. The van der Waals surface area contributed by atoms with Gasteiger partial charge in [0.05, 0.1) is 30.7 Å². The summed E-state index contributed by atoms with van der Waals surface area (Å²) in [6.45, 7) is 13.9. The lowest BCUT2D eigenvalue weighted by atomic mass is 9.96. The van der Waals surface area contributed by atoms with Crippen molar-refractivity contribution < 1.29 is 38.5 Å². The number of allylic oxidation sites excluding steroid dienone is 2. The molecule has 3 N–H and O–H groups in total. The minimum absolute atomic E-state index is 0.106. The number of hydrogen-bond acceptors (Lipinski definition) is 9.